The van der Waals surface area contributed by atoms with Crippen molar-refractivity contribution in [1.82, 2.24) is 4.90 Å². The molecule has 1 heterocycles. The third kappa shape index (κ3) is 3.31. The van der Waals surface area contributed by atoms with Crippen molar-refractivity contribution in [2.45, 2.75) is 32.7 Å². The van der Waals surface area contributed by atoms with Crippen LogP contribution in [0.4, 0.5) is 5.69 Å². The van der Waals surface area contributed by atoms with E-state index in [0.717, 1.165) is 6.42 Å². The van der Waals surface area contributed by atoms with Gasteiger partial charge in [-0.1, -0.05) is 18.5 Å². The quantitative estimate of drug-likeness (QED) is 0.928. The molecule has 0 bridgehead atoms. The van der Waals surface area contributed by atoms with Gasteiger partial charge in [0.05, 0.1) is 5.92 Å². The Balaban J connectivity index is 1.97. The molecule has 2 amide bonds. The number of rotatable bonds is 4. The molecule has 2 rings (SSSR count). The molecule has 20 heavy (non-hydrogen) atoms. The lowest BCUT2D eigenvalue weighted by Crippen LogP contribution is -2.35. The number of anilines is 1. The largest absolute Gasteiger partial charge is 0.339 e. The van der Waals surface area contributed by atoms with Gasteiger partial charge in [0.15, 0.2) is 0 Å². The number of nitrogens with zero attached hydrogens (tertiary/aromatic N) is 1. The zero-order valence-electron chi connectivity index (χ0n) is 11.7. The molecule has 1 aliphatic rings. The summed E-state index contributed by atoms with van der Waals surface area (Å²) in [5, 5.41) is 3.46. The standard InChI is InChI=1S/C15H19ClN2O2/c1-3-10(2)18-9-11(8-14(18)19)15(20)17-13-6-4-12(16)5-7-13/h4-7,10-11H,3,8-9H2,1-2H3,(H,17,20). The maximum Gasteiger partial charge on any atom is 0.229 e. The molecule has 2 unspecified atom stereocenters. The minimum atomic E-state index is -0.271. The molecule has 1 aromatic carbocycles. The van der Waals surface area contributed by atoms with E-state index in [2.05, 4.69) is 5.32 Å². The number of carbonyl (C=O) groups excluding carboxylic acids is 2. The molecule has 5 heteroatoms. The Labute approximate surface area is 124 Å². The molecule has 0 aliphatic carbocycles. The van der Waals surface area contributed by atoms with Crippen molar-refractivity contribution in [2.75, 3.05) is 11.9 Å². The van der Waals surface area contributed by atoms with Crippen LogP contribution in [-0.4, -0.2) is 29.3 Å². The van der Waals surface area contributed by atoms with Crippen LogP contribution in [0.25, 0.3) is 0 Å². The van der Waals surface area contributed by atoms with Gasteiger partial charge in [-0.2, -0.15) is 0 Å². The Morgan fingerprint density at radius 3 is 2.70 bits per heavy atom. The van der Waals surface area contributed by atoms with E-state index in [1.54, 1.807) is 29.2 Å². The number of amides is 2. The van der Waals surface area contributed by atoms with E-state index in [-0.39, 0.29) is 23.8 Å². The van der Waals surface area contributed by atoms with Crippen molar-refractivity contribution in [3.63, 3.8) is 0 Å². The number of likely N-dealkylation sites (tertiary alicyclic amines) is 1. The van der Waals surface area contributed by atoms with Gasteiger partial charge in [-0.15, -0.1) is 0 Å². The van der Waals surface area contributed by atoms with Gasteiger partial charge < -0.3 is 10.2 Å². The average molecular weight is 295 g/mol. The molecular formula is C15H19ClN2O2. The van der Waals surface area contributed by atoms with Gasteiger partial charge in [-0.25, -0.2) is 0 Å². The lowest BCUT2D eigenvalue weighted by Gasteiger charge is -2.23. The van der Waals surface area contributed by atoms with E-state index in [9.17, 15) is 9.59 Å². The number of carbonyl (C=O) groups is 2. The molecule has 0 spiro atoms. The molecule has 4 nitrogen and oxygen atoms in total. The van der Waals surface area contributed by atoms with Crippen LogP contribution in [0.2, 0.25) is 5.02 Å². The zero-order valence-corrected chi connectivity index (χ0v) is 12.5. The van der Waals surface area contributed by atoms with E-state index >= 15 is 0 Å². The van der Waals surface area contributed by atoms with Crippen LogP contribution in [0.1, 0.15) is 26.7 Å². The monoisotopic (exact) mass is 294 g/mol. The van der Waals surface area contributed by atoms with Crippen LogP contribution < -0.4 is 5.32 Å². The summed E-state index contributed by atoms with van der Waals surface area (Å²) in [4.78, 5) is 25.9. The van der Waals surface area contributed by atoms with Crippen molar-refractivity contribution in [1.29, 1.82) is 0 Å². The van der Waals surface area contributed by atoms with Gasteiger partial charge >= 0.3 is 0 Å². The van der Waals surface area contributed by atoms with Crippen LogP contribution in [0, 0.1) is 5.92 Å². The summed E-state index contributed by atoms with van der Waals surface area (Å²) in [6, 6.07) is 7.15. The van der Waals surface area contributed by atoms with Gasteiger partial charge in [-0.3, -0.25) is 9.59 Å². The summed E-state index contributed by atoms with van der Waals surface area (Å²) >= 11 is 5.80. The fraction of sp³-hybridized carbons (Fsp3) is 0.467. The smallest absolute Gasteiger partial charge is 0.229 e. The molecule has 108 valence electrons. The molecule has 1 aliphatic heterocycles. The molecule has 1 N–H and O–H groups in total. The van der Waals surface area contributed by atoms with Gasteiger partial charge in [0, 0.05) is 29.7 Å². The lowest BCUT2D eigenvalue weighted by molar-refractivity contribution is -0.129. The normalized spacial score (nSPS) is 20.1. The minimum Gasteiger partial charge on any atom is -0.339 e. The molecule has 1 saturated heterocycles. The third-order valence-electron chi connectivity index (χ3n) is 3.76. The number of hydrogen-bond acceptors (Lipinski definition) is 2. The number of nitrogens with one attached hydrogen (secondary N) is 1. The van der Waals surface area contributed by atoms with Crippen molar-refractivity contribution in [3.8, 4) is 0 Å². The maximum absolute atomic E-state index is 12.2. The molecular weight excluding hydrogens is 276 g/mol. The van der Waals surface area contributed by atoms with Crippen molar-refractivity contribution in [2.24, 2.45) is 5.92 Å². The highest BCUT2D eigenvalue weighted by atomic mass is 35.5. The highest BCUT2D eigenvalue weighted by Crippen LogP contribution is 2.23. The number of benzene rings is 1. The van der Waals surface area contributed by atoms with Crippen LogP contribution in [-0.2, 0) is 9.59 Å². The number of hydrogen-bond donors (Lipinski definition) is 1. The SMILES string of the molecule is CCC(C)N1CC(C(=O)Nc2ccc(Cl)cc2)CC1=O. The van der Waals surface area contributed by atoms with E-state index in [0.29, 0.717) is 23.7 Å². The summed E-state index contributed by atoms with van der Waals surface area (Å²) in [7, 11) is 0. The molecule has 2 atom stereocenters. The Kier molecular flexibility index (Phi) is 4.65. The number of halogens is 1. The second-order valence-corrected chi connectivity index (χ2v) is 5.64. The minimum absolute atomic E-state index is 0.0654. The molecule has 1 aromatic rings. The Morgan fingerprint density at radius 2 is 2.10 bits per heavy atom. The Morgan fingerprint density at radius 1 is 1.45 bits per heavy atom. The fourth-order valence-electron chi connectivity index (χ4n) is 2.33. The van der Waals surface area contributed by atoms with Crippen LogP contribution in [0.3, 0.4) is 0 Å². The van der Waals surface area contributed by atoms with Crippen LogP contribution >= 0.6 is 11.6 Å². The van der Waals surface area contributed by atoms with Crippen LogP contribution in [0.15, 0.2) is 24.3 Å². The molecule has 1 fully saturated rings. The summed E-state index contributed by atoms with van der Waals surface area (Å²) in [6.45, 7) is 4.56. The Bertz CT molecular complexity index is 501. The first kappa shape index (κ1) is 14.9. The molecule has 0 radical (unpaired) electrons. The second kappa shape index (κ2) is 6.27. The van der Waals surface area contributed by atoms with Gasteiger partial charge in [-0.05, 0) is 37.6 Å². The van der Waals surface area contributed by atoms with Gasteiger partial charge in [0.1, 0.15) is 0 Å². The predicted octanol–water partition coefficient (Wildman–Crippen LogP) is 2.93. The van der Waals surface area contributed by atoms with Crippen molar-refractivity contribution >= 4 is 29.1 Å². The third-order valence-corrected chi connectivity index (χ3v) is 4.02. The second-order valence-electron chi connectivity index (χ2n) is 5.20. The van der Waals surface area contributed by atoms with Gasteiger partial charge in [0.25, 0.3) is 0 Å². The first-order chi connectivity index (χ1) is 9.51. The first-order valence-corrected chi connectivity index (χ1v) is 7.25. The summed E-state index contributed by atoms with van der Waals surface area (Å²) < 4.78 is 0. The highest BCUT2D eigenvalue weighted by Gasteiger charge is 2.36. The van der Waals surface area contributed by atoms with Crippen molar-refractivity contribution in [3.05, 3.63) is 29.3 Å². The fourth-order valence-corrected chi connectivity index (χ4v) is 2.46. The maximum atomic E-state index is 12.2. The topological polar surface area (TPSA) is 49.4 Å². The van der Waals surface area contributed by atoms with E-state index < -0.39 is 0 Å². The van der Waals surface area contributed by atoms with Crippen molar-refractivity contribution < 1.29 is 9.59 Å². The summed E-state index contributed by atoms with van der Waals surface area (Å²) in [5.74, 6) is -0.311. The zero-order chi connectivity index (χ0) is 14.7. The Hall–Kier alpha value is -1.55. The lowest BCUT2D eigenvalue weighted by atomic mass is 10.1. The molecule has 0 aromatic heterocycles. The first-order valence-electron chi connectivity index (χ1n) is 6.87. The van der Waals surface area contributed by atoms with E-state index in [1.807, 2.05) is 13.8 Å². The van der Waals surface area contributed by atoms with Crippen LogP contribution in [0.5, 0.6) is 0 Å². The van der Waals surface area contributed by atoms with Gasteiger partial charge in [0.2, 0.25) is 11.8 Å². The summed E-state index contributed by atoms with van der Waals surface area (Å²) in [5.41, 5.74) is 0.703. The van der Waals surface area contributed by atoms with E-state index in [4.69, 9.17) is 11.6 Å². The highest BCUT2D eigenvalue weighted by molar-refractivity contribution is 6.30. The van der Waals surface area contributed by atoms with E-state index in [1.165, 1.54) is 0 Å². The predicted molar refractivity (Wildman–Crippen MR) is 79.7 cm³/mol. The summed E-state index contributed by atoms with van der Waals surface area (Å²) in [6.07, 6.45) is 1.20. The molecule has 0 saturated carbocycles. The average Bonchev–Trinajstić information content (AvgIpc) is 2.82.